The van der Waals surface area contributed by atoms with Gasteiger partial charge in [0, 0.05) is 6.61 Å². The summed E-state index contributed by atoms with van der Waals surface area (Å²) in [6.45, 7) is 2.95. The van der Waals surface area contributed by atoms with Gasteiger partial charge in [0.15, 0.2) is 0 Å². The van der Waals surface area contributed by atoms with E-state index < -0.39 is 0 Å². The van der Waals surface area contributed by atoms with Crippen molar-refractivity contribution in [2.75, 3.05) is 6.61 Å². The van der Waals surface area contributed by atoms with E-state index in [9.17, 15) is 0 Å². The topological polar surface area (TPSA) is 9.23 Å². The molecule has 0 aliphatic heterocycles. The van der Waals surface area contributed by atoms with E-state index >= 15 is 0 Å². The molecule has 0 N–H and O–H groups in total. The minimum atomic E-state index is 0.630. The highest BCUT2D eigenvalue weighted by Gasteiger charge is 2.15. The van der Waals surface area contributed by atoms with Crippen LogP contribution in [0.5, 0.6) is 0 Å². The Kier molecular flexibility index (Phi) is 1.69. The van der Waals surface area contributed by atoms with Crippen LogP contribution in [0, 0.1) is 0 Å². The molecule has 0 aromatic rings. The van der Waals surface area contributed by atoms with E-state index in [0.717, 1.165) is 6.61 Å². The van der Waals surface area contributed by atoms with Gasteiger partial charge < -0.3 is 4.74 Å². The summed E-state index contributed by atoms with van der Waals surface area (Å²) in [6.07, 6.45) is 4.61. The van der Waals surface area contributed by atoms with Crippen molar-refractivity contribution in [2.45, 2.75) is 32.3 Å². The molecule has 1 saturated carbocycles. The van der Waals surface area contributed by atoms with Gasteiger partial charge in [0.1, 0.15) is 0 Å². The lowest BCUT2D eigenvalue weighted by Gasteiger charge is -2.24. The molecule has 0 heterocycles. The monoisotopic (exact) mass is 100 g/mol. The lowest BCUT2D eigenvalue weighted by Crippen LogP contribution is -2.20. The summed E-state index contributed by atoms with van der Waals surface area (Å²) in [7, 11) is 0. The molecule has 1 rings (SSSR count). The van der Waals surface area contributed by atoms with Gasteiger partial charge in [0.2, 0.25) is 0 Å². The van der Waals surface area contributed by atoms with Crippen molar-refractivity contribution >= 4 is 0 Å². The maximum atomic E-state index is 5.28. The van der Waals surface area contributed by atoms with Crippen LogP contribution in [0.25, 0.3) is 0 Å². The van der Waals surface area contributed by atoms with E-state index in [-0.39, 0.29) is 0 Å². The molecule has 0 saturated heterocycles. The van der Waals surface area contributed by atoms with Crippen molar-refractivity contribution in [3.05, 3.63) is 0 Å². The molecule has 0 unspecified atom stereocenters. The Bertz CT molecular complexity index is 48.1. The van der Waals surface area contributed by atoms with Gasteiger partial charge in [-0.15, -0.1) is 0 Å². The first kappa shape index (κ1) is 5.10. The lowest BCUT2D eigenvalue weighted by molar-refractivity contribution is 0.00995. The van der Waals surface area contributed by atoms with Gasteiger partial charge in [-0.1, -0.05) is 0 Å². The van der Waals surface area contributed by atoms with Gasteiger partial charge >= 0.3 is 0 Å². The van der Waals surface area contributed by atoms with Crippen molar-refractivity contribution in [3.8, 4) is 0 Å². The highest BCUT2D eigenvalue weighted by molar-refractivity contribution is 4.68. The van der Waals surface area contributed by atoms with Crippen LogP contribution in [-0.2, 0) is 4.74 Å². The Morgan fingerprint density at radius 1 is 1.57 bits per heavy atom. The van der Waals surface area contributed by atoms with E-state index in [4.69, 9.17) is 4.74 Å². The molecule has 1 aliphatic rings. The first-order chi connectivity index (χ1) is 3.43. The van der Waals surface area contributed by atoms with Crippen LogP contribution in [0.2, 0.25) is 0 Å². The molecule has 0 aromatic carbocycles. The number of rotatable bonds is 2. The van der Waals surface area contributed by atoms with Gasteiger partial charge in [-0.25, -0.2) is 0 Å². The Balaban J connectivity index is 1.93. The van der Waals surface area contributed by atoms with Crippen LogP contribution in [0.3, 0.4) is 0 Å². The average molecular weight is 100 g/mol. The molecule has 0 amide bonds. The van der Waals surface area contributed by atoms with Crippen LogP contribution in [0.15, 0.2) is 0 Å². The number of ether oxygens (including phenoxy) is 1. The maximum absolute atomic E-state index is 5.28. The van der Waals surface area contributed by atoms with Crippen LogP contribution >= 0.6 is 0 Å². The number of hydrogen-bond donors (Lipinski definition) is 0. The third-order valence-electron chi connectivity index (χ3n) is 1.45. The second-order valence-electron chi connectivity index (χ2n) is 2.01. The summed E-state index contributed by atoms with van der Waals surface area (Å²) in [5.74, 6) is 0. The maximum Gasteiger partial charge on any atom is 0.0575 e. The summed E-state index contributed by atoms with van der Waals surface area (Å²) in [6, 6.07) is 0. The van der Waals surface area contributed by atoms with Gasteiger partial charge in [-0.2, -0.15) is 0 Å². The van der Waals surface area contributed by atoms with Crippen LogP contribution in [0.4, 0.5) is 0 Å². The molecule has 1 nitrogen and oxygen atoms in total. The third kappa shape index (κ3) is 1.16. The molecule has 1 aliphatic carbocycles. The Morgan fingerprint density at radius 2 is 2.29 bits per heavy atom. The van der Waals surface area contributed by atoms with E-state index in [1.165, 1.54) is 19.3 Å². The second-order valence-corrected chi connectivity index (χ2v) is 2.01. The molecule has 7 heavy (non-hydrogen) atoms. The molecule has 0 radical (unpaired) electrons. The van der Waals surface area contributed by atoms with Crippen molar-refractivity contribution in [2.24, 2.45) is 0 Å². The van der Waals surface area contributed by atoms with E-state index in [1.54, 1.807) is 0 Å². The van der Waals surface area contributed by atoms with Gasteiger partial charge in [0.05, 0.1) is 6.10 Å². The van der Waals surface area contributed by atoms with E-state index in [0.29, 0.717) is 6.10 Å². The average Bonchev–Trinajstić information content (AvgIpc) is 1.55. The Labute approximate surface area is 44.7 Å². The third-order valence-corrected chi connectivity index (χ3v) is 1.45. The molecular formula is C6H12O. The quantitative estimate of drug-likeness (QED) is 0.512. The van der Waals surface area contributed by atoms with Crippen molar-refractivity contribution in [1.82, 2.24) is 0 Å². The zero-order valence-corrected chi connectivity index (χ0v) is 4.81. The number of hydrogen-bond acceptors (Lipinski definition) is 1. The molecule has 0 atom stereocenters. The molecule has 1 heteroatoms. The first-order valence-corrected chi connectivity index (χ1v) is 3.05. The lowest BCUT2D eigenvalue weighted by atomic mass is 9.96. The van der Waals surface area contributed by atoms with Crippen molar-refractivity contribution in [1.29, 1.82) is 0 Å². The van der Waals surface area contributed by atoms with Crippen molar-refractivity contribution in [3.63, 3.8) is 0 Å². The Hall–Kier alpha value is -0.0400. The minimum Gasteiger partial charge on any atom is -0.379 e. The second kappa shape index (κ2) is 2.31. The highest BCUT2D eigenvalue weighted by Crippen LogP contribution is 2.21. The zero-order chi connectivity index (χ0) is 5.11. The molecule has 42 valence electrons. The fourth-order valence-corrected chi connectivity index (χ4v) is 0.773. The van der Waals surface area contributed by atoms with E-state index in [2.05, 4.69) is 6.92 Å². The normalized spacial score (nSPS) is 21.9. The fourth-order valence-electron chi connectivity index (χ4n) is 0.773. The van der Waals surface area contributed by atoms with Crippen LogP contribution < -0.4 is 0 Å². The smallest absolute Gasteiger partial charge is 0.0575 e. The highest BCUT2D eigenvalue weighted by atomic mass is 16.5. The Morgan fingerprint density at radius 3 is 2.43 bits per heavy atom. The predicted molar refractivity (Wildman–Crippen MR) is 29.3 cm³/mol. The fraction of sp³-hybridized carbons (Fsp3) is 1.00. The summed E-state index contributed by atoms with van der Waals surface area (Å²) in [5, 5.41) is 0. The predicted octanol–water partition coefficient (Wildman–Crippen LogP) is 1.58. The molecule has 0 spiro atoms. The van der Waals surface area contributed by atoms with Crippen LogP contribution in [0.1, 0.15) is 26.2 Å². The summed E-state index contributed by atoms with van der Waals surface area (Å²) in [5.41, 5.74) is 0. The van der Waals surface area contributed by atoms with E-state index in [1.807, 2.05) is 0 Å². The zero-order valence-electron chi connectivity index (χ0n) is 4.81. The minimum absolute atomic E-state index is 0.630. The van der Waals surface area contributed by atoms with Gasteiger partial charge in [0.25, 0.3) is 0 Å². The largest absolute Gasteiger partial charge is 0.379 e. The summed E-state index contributed by atoms with van der Waals surface area (Å²) in [4.78, 5) is 0. The van der Waals surface area contributed by atoms with Crippen molar-refractivity contribution < 1.29 is 4.74 Å². The molecule has 0 aromatic heterocycles. The SMILES string of the molecule is CCOC1CCC1. The molecule has 0 bridgehead atoms. The van der Waals surface area contributed by atoms with Gasteiger partial charge in [-0.05, 0) is 26.2 Å². The summed E-state index contributed by atoms with van der Waals surface area (Å²) >= 11 is 0. The first-order valence-electron chi connectivity index (χ1n) is 3.05. The van der Waals surface area contributed by atoms with Gasteiger partial charge in [-0.3, -0.25) is 0 Å². The standard InChI is InChI=1S/C6H12O/c1-2-7-6-4-3-5-6/h6H,2-5H2,1H3. The molecular weight excluding hydrogens is 88.1 g/mol. The summed E-state index contributed by atoms with van der Waals surface area (Å²) < 4.78 is 5.28. The van der Waals surface area contributed by atoms with Crippen LogP contribution in [-0.4, -0.2) is 12.7 Å². The molecule has 1 fully saturated rings.